The lowest BCUT2D eigenvalue weighted by Crippen LogP contribution is -2.34. The van der Waals surface area contributed by atoms with E-state index < -0.39 is 12.8 Å². The first-order valence-corrected chi connectivity index (χ1v) is 4.91. The standard InChI is InChI=1S/C9H19F3N2O/c1-8(3-4-13)14(2)5-6-15-7-9(10,11)12/h8H,3-7,13H2,1-2H3. The Bertz CT molecular complexity index is 164. The molecule has 0 radical (unpaired) electrons. The van der Waals surface area contributed by atoms with Crippen molar-refractivity contribution in [1.29, 1.82) is 0 Å². The molecule has 0 saturated heterocycles. The molecule has 0 rings (SSSR count). The van der Waals surface area contributed by atoms with Gasteiger partial charge in [0.05, 0.1) is 6.61 Å². The Kier molecular flexibility index (Phi) is 6.87. The van der Waals surface area contributed by atoms with E-state index in [1.54, 1.807) is 0 Å². The fourth-order valence-corrected chi connectivity index (χ4v) is 1.08. The molecule has 0 aliphatic heterocycles. The fourth-order valence-electron chi connectivity index (χ4n) is 1.08. The third kappa shape index (κ3) is 8.65. The van der Waals surface area contributed by atoms with E-state index >= 15 is 0 Å². The molecule has 15 heavy (non-hydrogen) atoms. The minimum absolute atomic E-state index is 0.0882. The molecule has 2 N–H and O–H groups in total. The zero-order valence-corrected chi connectivity index (χ0v) is 9.18. The summed E-state index contributed by atoms with van der Waals surface area (Å²) >= 11 is 0. The van der Waals surface area contributed by atoms with Crippen LogP contribution in [-0.4, -0.2) is 50.5 Å². The van der Waals surface area contributed by atoms with Crippen LogP contribution in [0, 0.1) is 0 Å². The van der Waals surface area contributed by atoms with Gasteiger partial charge in [0.1, 0.15) is 6.61 Å². The zero-order valence-electron chi connectivity index (χ0n) is 9.18. The van der Waals surface area contributed by atoms with Crippen LogP contribution >= 0.6 is 0 Å². The lowest BCUT2D eigenvalue weighted by molar-refractivity contribution is -0.174. The monoisotopic (exact) mass is 228 g/mol. The van der Waals surface area contributed by atoms with Crippen LogP contribution in [0.25, 0.3) is 0 Å². The Morgan fingerprint density at radius 2 is 2.00 bits per heavy atom. The highest BCUT2D eigenvalue weighted by Gasteiger charge is 2.27. The zero-order chi connectivity index (χ0) is 11.9. The molecule has 0 heterocycles. The number of ether oxygens (including phenoxy) is 1. The summed E-state index contributed by atoms with van der Waals surface area (Å²) in [5.74, 6) is 0. The van der Waals surface area contributed by atoms with Crippen LogP contribution < -0.4 is 5.73 Å². The Hall–Kier alpha value is -0.330. The molecule has 0 aliphatic rings. The normalized spacial score (nSPS) is 14.6. The Labute approximate surface area is 88.4 Å². The summed E-state index contributed by atoms with van der Waals surface area (Å²) in [5.41, 5.74) is 5.37. The van der Waals surface area contributed by atoms with E-state index in [1.165, 1.54) is 0 Å². The number of alkyl halides is 3. The quantitative estimate of drug-likeness (QED) is 0.666. The molecule has 0 aromatic carbocycles. The molecular weight excluding hydrogens is 209 g/mol. The van der Waals surface area contributed by atoms with E-state index in [0.29, 0.717) is 13.1 Å². The molecule has 1 unspecified atom stereocenters. The second-order valence-electron chi connectivity index (χ2n) is 3.57. The van der Waals surface area contributed by atoms with Crippen LogP contribution in [0.3, 0.4) is 0 Å². The van der Waals surface area contributed by atoms with Crippen molar-refractivity contribution in [3.8, 4) is 0 Å². The predicted octanol–water partition coefficient (Wildman–Crippen LogP) is 1.23. The Morgan fingerprint density at radius 3 is 2.47 bits per heavy atom. The minimum atomic E-state index is -4.23. The highest BCUT2D eigenvalue weighted by molar-refractivity contribution is 4.63. The first kappa shape index (κ1) is 14.7. The van der Waals surface area contributed by atoms with Crippen LogP contribution in [-0.2, 0) is 4.74 Å². The van der Waals surface area contributed by atoms with E-state index in [4.69, 9.17) is 5.73 Å². The van der Waals surface area contributed by atoms with Crippen molar-refractivity contribution in [3.63, 3.8) is 0 Å². The predicted molar refractivity (Wildman–Crippen MR) is 52.6 cm³/mol. The van der Waals surface area contributed by atoms with Gasteiger partial charge in [-0.25, -0.2) is 0 Å². The summed E-state index contributed by atoms with van der Waals surface area (Å²) in [7, 11) is 1.84. The van der Waals surface area contributed by atoms with Gasteiger partial charge in [-0.15, -0.1) is 0 Å². The fraction of sp³-hybridized carbons (Fsp3) is 1.00. The van der Waals surface area contributed by atoms with Crippen molar-refractivity contribution >= 4 is 0 Å². The average Bonchev–Trinajstić information content (AvgIpc) is 2.11. The number of likely N-dealkylation sites (N-methyl/N-ethyl adjacent to an activating group) is 1. The summed E-state index contributed by atoms with van der Waals surface area (Å²) in [6.07, 6.45) is -3.41. The second kappa shape index (κ2) is 7.03. The van der Waals surface area contributed by atoms with Crippen molar-refractivity contribution in [2.75, 3.05) is 33.4 Å². The molecule has 3 nitrogen and oxygen atoms in total. The van der Waals surface area contributed by atoms with Crippen LogP contribution in [0.15, 0.2) is 0 Å². The van der Waals surface area contributed by atoms with E-state index in [9.17, 15) is 13.2 Å². The van der Waals surface area contributed by atoms with E-state index in [2.05, 4.69) is 4.74 Å². The summed E-state index contributed by atoms with van der Waals surface area (Å²) in [4.78, 5) is 1.93. The van der Waals surface area contributed by atoms with E-state index in [1.807, 2.05) is 18.9 Å². The van der Waals surface area contributed by atoms with Gasteiger partial charge in [-0.1, -0.05) is 0 Å². The SMILES string of the molecule is CC(CCN)N(C)CCOCC(F)(F)F. The highest BCUT2D eigenvalue weighted by Crippen LogP contribution is 2.14. The molecule has 0 fully saturated rings. The molecule has 92 valence electrons. The summed E-state index contributed by atoms with van der Waals surface area (Å²) in [6.45, 7) is 1.96. The van der Waals surface area contributed by atoms with Gasteiger partial charge >= 0.3 is 6.18 Å². The maximum absolute atomic E-state index is 11.7. The molecule has 1 atom stereocenters. The lowest BCUT2D eigenvalue weighted by atomic mass is 10.2. The topological polar surface area (TPSA) is 38.5 Å². The lowest BCUT2D eigenvalue weighted by Gasteiger charge is -2.24. The number of hydrogen-bond acceptors (Lipinski definition) is 3. The molecule has 0 aromatic rings. The Morgan fingerprint density at radius 1 is 1.40 bits per heavy atom. The van der Waals surface area contributed by atoms with Crippen molar-refractivity contribution in [2.24, 2.45) is 5.73 Å². The first-order valence-electron chi connectivity index (χ1n) is 4.91. The number of nitrogens with two attached hydrogens (primary N) is 1. The molecule has 0 bridgehead atoms. The summed E-state index contributed by atoms with van der Waals surface area (Å²) < 4.78 is 39.6. The molecule has 0 aromatic heterocycles. The maximum atomic E-state index is 11.7. The summed E-state index contributed by atoms with van der Waals surface area (Å²) in [5, 5.41) is 0. The number of halogens is 3. The maximum Gasteiger partial charge on any atom is 0.411 e. The van der Waals surface area contributed by atoms with E-state index in [-0.39, 0.29) is 12.6 Å². The molecular formula is C9H19F3N2O. The highest BCUT2D eigenvalue weighted by atomic mass is 19.4. The van der Waals surface area contributed by atoms with Crippen LogP contribution in [0.2, 0.25) is 0 Å². The van der Waals surface area contributed by atoms with Gasteiger partial charge in [-0.3, -0.25) is 0 Å². The first-order chi connectivity index (χ1) is 6.87. The smallest absolute Gasteiger partial charge is 0.371 e. The molecule has 0 aliphatic carbocycles. The van der Waals surface area contributed by atoms with E-state index in [0.717, 1.165) is 6.42 Å². The van der Waals surface area contributed by atoms with Gasteiger partial charge in [0.2, 0.25) is 0 Å². The third-order valence-corrected chi connectivity index (χ3v) is 2.19. The molecule has 0 spiro atoms. The Balaban J connectivity index is 3.50. The largest absolute Gasteiger partial charge is 0.411 e. The second-order valence-corrected chi connectivity index (χ2v) is 3.57. The van der Waals surface area contributed by atoms with Crippen molar-refractivity contribution < 1.29 is 17.9 Å². The van der Waals surface area contributed by atoms with Crippen molar-refractivity contribution in [3.05, 3.63) is 0 Å². The van der Waals surface area contributed by atoms with Gasteiger partial charge in [-0.2, -0.15) is 13.2 Å². The van der Waals surface area contributed by atoms with Crippen molar-refractivity contribution in [1.82, 2.24) is 4.90 Å². The van der Waals surface area contributed by atoms with Gasteiger partial charge in [0, 0.05) is 12.6 Å². The van der Waals surface area contributed by atoms with Gasteiger partial charge in [-0.05, 0) is 26.9 Å². The van der Waals surface area contributed by atoms with Gasteiger partial charge < -0.3 is 15.4 Å². The molecule has 0 saturated carbocycles. The van der Waals surface area contributed by atoms with Crippen LogP contribution in [0.5, 0.6) is 0 Å². The average molecular weight is 228 g/mol. The van der Waals surface area contributed by atoms with Gasteiger partial charge in [0.15, 0.2) is 0 Å². The van der Waals surface area contributed by atoms with Crippen LogP contribution in [0.4, 0.5) is 13.2 Å². The summed E-state index contributed by atoms with van der Waals surface area (Å²) in [6, 6.07) is 0.268. The third-order valence-electron chi connectivity index (χ3n) is 2.19. The number of rotatable bonds is 7. The minimum Gasteiger partial charge on any atom is -0.371 e. The molecule has 0 amide bonds. The number of nitrogens with zero attached hydrogens (tertiary/aromatic N) is 1. The van der Waals surface area contributed by atoms with Crippen molar-refractivity contribution in [2.45, 2.75) is 25.6 Å². The number of hydrogen-bond donors (Lipinski definition) is 1. The molecule has 6 heteroatoms. The van der Waals surface area contributed by atoms with Gasteiger partial charge in [0.25, 0.3) is 0 Å². The van der Waals surface area contributed by atoms with Crippen LogP contribution in [0.1, 0.15) is 13.3 Å².